The number of hydrogen-bond donors (Lipinski definition) is 2. The molecule has 0 radical (unpaired) electrons. The molecule has 1 atom stereocenters. The third-order valence-electron chi connectivity index (χ3n) is 6.68. The molecule has 0 aromatic heterocycles. The van der Waals surface area contributed by atoms with Gasteiger partial charge in [0.05, 0.1) is 52.9 Å². The molecular formula is C28H50N2O7. The predicted molar refractivity (Wildman–Crippen MR) is 143 cm³/mol. The van der Waals surface area contributed by atoms with Crippen LogP contribution in [0, 0.1) is 5.92 Å². The summed E-state index contributed by atoms with van der Waals surface area (Å²) >= 11 is 0. The highest BCUT2D eigenvalue weighted by Gasteiger charge is 2.15. The first-order chi connectivity index (χ1) is 18.2. The van der Waals surface area contributed by atoms with Gasteiger partial charge in [-0.1, -0.05) is 37.8 Å². The first kappa shape index (κ1) is 31.5. The van der Waals surface area contributed by atoms with E-state index in [1.54, 1.807) is 0 Å². The molecule has 0 aromatic carbocycles. The third-order valence-corrected chi connectivity index (χ3v) is 6.68. The highest BCUT2D eigenvalue weighted by atomic mass is 16.6. The standard InChI is InChI=1S/C28H50N2O7/c31-27(29-15-8-11-25-9-6-7-10-25)14-17-33-19-21-35-23-24-36-22-20-34-18-16-30-28(32)37-26-12-4-2-1-3-5-13-26/h1-2,25-26H,3-24H2,(H,29,31)(H,30,32)/b2-1+. The minimum atomic E-state index is -0.372. The van der Waals surface area contributed by atoms with Crippen LogP contribution in [0.2, 0.25) is 0 Å². The van der Waals surface area contributed by atoms with E-state index in [0.717, 1.165) is 51.0 Å². The van der Waals surface area contributed by atoms with Crippen molar-refractivity contribution in [1.29, 1.82) is 0 Å². The SMILES string of the molecule is O=C(CCOCCOCCOCCOCCNC(=O)OC1CC/C=C/CCC1)NCCCC1CCCC1. The van der Waals surface area contributed by atoms with E-state index in [-0.39, 0.29) is 18.1 Å². The second kappa shape index (κ2) is 22.3. The Balaban J connectivity index is 1.24. The third kappa shape index (κ3) is 18.3. The van der Waals surface area contributed by atoms with Gasteiger partial charge >= 0.3 is 6.09 Å². The smallest absolute Gasteiger partial charge is 0.407 e. The van der Waals surface area contributed by atoms with Gasteiger partial charge in [0, 0.05) is 19.5 Å². The van der Waals surface area contributed by atoms with Gasteiger partial charge in [0.2, 0.25) is 5.91 Å². The fourth-order valence-electron chi connectivity index (χ4n) is 4.59. The Bertz CT molecular complexity index is 611. The molecule has 9 heteroatoms. The Hall–Kier alpha value is -1.68. The second-order valence-electron chi connectivity index (χ2n) is 9.78. The van der Waals surface area contributed by atoms with Crippen LogP contribution in [-0.4, -0.2) is 84.0 Å². The van der Waals surface area contributed by atoms with Crippen molar-refractivity contribution < 1.29 is 33.3 Å². The van der Waals surface area contributed by atoms with Crippen molar-refractivity contribution in [2.45, 2.75) is 83.2 Å². The Morgan fingerprint density at radius 1 is 0.676 bits per heavy atom. The number of nitrogens with one attached hydrogen (secondary N) is 2. The molecule has 37 heavy (non-hydrogen) atoms. The fourth-order valence-corrected chi connectivity index (χ4v) is 4.59. The van der Waals surface area contributed by atoms with Gasteiger partial charge in [-0.05, 0) is 50.9 Å². The van der Waals surface area contributed by atoms with E-state index in [0.29, 0.717) is 65.8 Å². The number of carbonyl (C=O) groups is 2. The summed E-state index contributed by atoms with van der Waals surface area (Å²) < 4.78 is 27.3. The Morgan fingerprint density at radius 3 is 2.05 bits per heavy atom. The minimum absolute atomic E-state index is 0.0000120. The van der Waals surface area contributed by atoms with Gasteiger partial charge in [0.1, 0.15) is 6.10 Å². The molecule has 0 spiro atoms. The van der Waals surface area contributed by atoms with Crippen LogP contribution in [0.15, 0.2) is 12.2 Å². The van der Waals surface area contributed by atoms with E-state index in [4.69, 9.17) is 23.7 Å². The summed E-state index contributed by atoms with van der Waals surface area (Å²) in [5, 5.41) is 5.71. The molecule has 214 valence electrons. The Kier molecular flexibility index (Phi) is 19.0. The topological polar surface area (TPSA) is 104 Å². The summed E-state index contributed by atoms with van der Waals surface area (Å²) in [4.78, 5) is 23.7. The van der Waals surface area contributed by atoms with Crippen molar-refractivity contribution in [2.24, 2.45) is 5.92 Å². The molecule has 9 nitrogen and oxygen atoms in total. The van der Waals surface area contributed by atoms with E-state index in [1.807, 2.05) is 0 Å². The molecule has 1 fully saturated rings. The summed E-state index contributed by atoms with van der Waals surface area (Å²) in [5.74, 6) is 0.936. The molecule has 0 saturated heterocycles. The van der Waals surface area contributed by atoms with Crippen LogP contribution in [-0.2, 0) is 28.5 Å². The lowest BCUT2D eigenvalue weighted by atomic mass is 10.0. The van der Waals surface area contributed by atoms with Crippen LogP contribution >= 0.6 is 0 Å². The maximum atomic E-state index is 11.9. The zero-order chi connectivity index (χ0) is 26.2. The van der Waals surface area contributed by atoms with Crippen molar-refractivity contribution >= 4 is 12.0 Å². The van der Waals surface area contributed by atoms with Crippen molar-refractivity contribution in [3.63, 3.8) is 0 Å². The summed E-state index contributed by atoms with van der Waals surface area (Å²) in [6.45, 7) is 4.84. The first-order valence-electron chi connectivity index (χ1n) is 14.4. The minimum Gasteiger partial charge on any atom is -0.446 e. The number of alkyl carbamates (subject to hydrolysis) is 1. The van der Waals surface area contributed by atoms with Crippen molar-refractivity contribution in [1.82, 2.24) is 10.6 Å². The monoisotopic (exact) mass is 526 g/mol. The Morgan fingerprint density at radius 2 is 1.32 bits per heavy atom. The van der Waals surface area contributed by atoms with Gasteiger partial charge in [0.25, 0.3) is 0 Å². The van der Waals surface area contributed by atoms with Crippen molar-refractivity contribution in [3.8, 4) is 0 Å². The molecule has 0 bridgehead atoms. The van der Waals surface area contributed by atoms with Crippen LogP contribution in [0.3, 0.4) is 0 Å². The van der Waals surface area contributed by atoms with Crippen molar-refractivity contribution in [3.05, 3.63) is 12.2 Å². The second-order valence-corrected chi connectivity index (χ2v) is 9.78. The first-order valence-corrected chi connectivity index (χ1v) is 14.4. The number of allylic oxidation sites excluding steroid dienone is 2. The summed E-state index contributed by atoms with van der Waals surface area (Å²) in [6.07, 6.45) is 17.0. The molecule has 2 aliphatic carbocycles. The maximum absolute atomic E-state index is 11.9. The molecule has 0 aromatic rings. The van der Waals surface area contributed by atoms with Crippen LogP contribution in [0.4, 0.5) is 4.79 Å². The molecule has 1 unspecified atom stereocenters. The van der Waals surface area contributed by atoms with Crippen LogP contribution < -0.4 is 10.6 Å². The maximum Gasteiger partial charge on any atom is 0.407 e. The highest BCUT2D eigenvalue weighted by molar-refractivity contribution is 5.75. The molecule has 2 rings (SSSR count). The van der Waals surface area contributed by atoms with E-state index < -0.39 is 0 Å². The number of rotatable bonds is 20. The highest BCUT2D eigenvalue weighted by Crippen LogP contribution is 2.28. The normalized spacial score (nSPS) is 19.2. The number of amides is 2. The van der Waals surface area contributed by atoms with E-state index in [1.165, 1.54) is 32.1 Å². The molecular weight excluding hydrogens is 476 g/mol. The molecule has 2 N–H and O–H groups in total. The van der Waals surface area contributed by atoms with E-state index in [9.17, 15) is 9.59 Å². The van der Waals surface area contributed by atoms with Crippen LogP contribution in [0.25, 0.3) is 0 Å². The number of carbonyl (C=O) groups excluding carboxylic acids is 2. The summed E-state index contributed by atoms with van der Waals surface area (Å²) in [6, 6.07) is 0. The number of hydrogen-bond acceptors (Lipinski definition) is 7. The van der Waals surface area contributed by atoms with Gasteiger partial charge in [0.15, 0.2) is 0 Å². The molecule has 0 heterocycles. The molecule has 1 saturated carbocycles. The molecule has 2 amide bonds. The largest absolute Gasteiger partial charge is 0.446 e. The molecule has 2 aliphatic rings. The van der Waals surface area contributed by atoms with Crippen LogP contribution in [0.1, 0.15) is 77.0 Å². The van der Waals surface area contributed by atoms with E-state index in [2.05, 4.69) is 22.8 Å². The van der Waals surface area contributed by atoms with Crippen LogP contribution in [0.5, 0.6) is 0 Å². The van der Waals surface area contributed by atoms with Gasteiger partial charge in [-0.25, -0.2) is 4.79 Å². The van der Waals surface area contributed by atoms with E-state index >= 15 is 0 Å². The average molecular weight is 527 g/mol. The number of ether oxygens (including phenoxy) is 5. The Labute approximate surface area is 223 Å². The summed E-state index contributed by atoms with van der Waals surface area (Å²) in [5.41, 5.74) is 0. The van der Waals surface area contributed by atoms with Gasteiger partial charge < -0.3 is 34.3 Å². The quantitative estimate of drug-likeness (QED) is 0.181. The van der Waals surface area contributed by atoms with Gasteiger partial charge in [-0.3, -0.25) is 4.79 Å². The lowest BCUT2D eigenvalue weighted by Gasteiger charge is -2.18. The zero-order valence-corrected chi connectivity index (χ0v) is 22.7. The predicted octanol–water partition coefficient (Wildman–Crippen LogP) is 4.14. The van der Waals surface area contributed by atoms with Gasteiger partial charge in [-0.2, -0.15) is 0 Å². The fraction of sp³-hybridized carbons (Fsp3) is 0.857. The zero-order valence-electron chi connectivity index (χ0n) is 22.7. The van der Waals surface area contributed by atoms with Gasteiger partial charge in [-0.15, -0.1) is 0 Å². The average Bonchev–Trinajstić information content (AvgIpc) is 3.39. The summed E-state index contributed by atoms with van der Waals surface area (Å²) in [7, 11) is 0. The lowest BCUT2D eigenvalue weighted by Crippen LogP contribution is -2.31. The van der Waals surface area contributed by atoms with Crippen molar-refractivity contribution in [2.75, 3.05) is 65.9 Å². The lowest BCUT2D eigenvalue weighted by molar-refractivity contribution is -0.122. The molecule has 0 aliphatic heterocycles.